The molecule has 0 unspecified atom stereocenters. The molecule has 3 heterocycles. The fourth-order valence-electron chi connectivity index (χ4n) is 2.02. The van der Waals surface area contributed by atoms with Crippen LogP contribution in [0.2, 0.25) is 0 Å². The van der Waals surface area contributed by atoms with Gasteiger partial charge in [-0.25, -0.2) is 0 Å². The van der Waals surface area contributed by atoms with E-state index in [0.29, 0.717) is 11.3 Å². The monoisotopic (exact) mass is 301 g/mol. The lowest BCUT2D eigenvalue weighted by atomic mass is 10.0. The number of carbonyl (C=O) groups is 1. The van der Waals surface area contributed by atoms with E-state index in [-0.39, 0.29) is 5.91 Å². The maximum Gasteiger partial charge on any atom is 0.253 e. The number of thiophene rings is 1. The van der Waals surface area contributed by atoms with Gasteiger partial charge in [0.1, 0.15) is 5.69 Å². The summed E-state index contributed by atoms with van der Waals surface area (Å²) in [6.45, 7) is 3.79. The van der Waals surface area contributed by atoms with Gasteiger partial charge in [0.05, 0.1) is 27.5 Å². The molecular weight excluding hydrogens is 286 g/mol. The Labute approximate surface area is 125 Å². The Morgan fingerprint density at radius 2 is 2.24 bits per heavy atom. The van der Waals surface area contributed by atoms with Crippen LogP contribution < -0.4 is 5.32 Å². The van der Waals surface area contributed by atoms with Crippen LogP contribution in [0.25, 0.3) is 10.2 Å². The van der Waals surface area contributed by atoms with E-state index >= 15 is 0 Å². The van der Waals surface area contributed by atoms with Crippen molar-refractivity contribution in [3.8, 4) is 0 Å². The number of aromatic nitrogens is 4. The quantitative estimate of drug-likeness (QED) is 0.804. The van der Waals surface area contributed by atoms with Crippen LogP contribution in [0.4, 0.5) is 0 Å². The van der Waals surface area contributed by atoms with Gasteiger partial charge in [-0.1, -0.05) is 5.21 Å². The van der Waals surface area contributed by atoms with Crippen molar-refractivity contribution in [2.75, 3.05) is 0 Å². The van der Waals surface area contributed by atoms with Gasteiger partial charge in [-0.2, -0.15) is 0 Å². The highest BCUT2D eigenvalue weighted by atomic mass is 32.1. The first-order chi connectivity index (χ1) is 9.95. The van der Waals surface area contributed by atoms with E-state index < -0.39 is 5.54 Å². The fourth-order valence-corrected chi connectivity index (χ4v) is 2.80. The molecule has 3 aromatic rings. The molecule has 3 aromatic heterocycles. The zero-order chi connectivity index (χ0) is 15.0. The van der Waals surface area contributed by atoms with Crippen molar-refractivity contribution >= 4 is 27.5 Å². The van der Waals surface area contributed by atoms with Crippen LogP contribution in [-0.4, -0.2) is 25.9 Å². The van der Waals surface area contributed by atoms with Crippen LogP contribution in [0.1, 0.15) is 29.9 Å². The molecule has 0 aliphatic rings. The number of fused-ring (bicyclic) bond motifs is 1. The third-order valence-corrected chi connectivity index (χ3v) is 4.09. The summed E-state index contributed by atoms with van der Waals surface area (Å²) in [5.74, 6) is -0.173. The van der Waals surface area contributed by atoms with Crippen LogP contribution in [0.5, 0.6) is 0 Å². The Morgan fingerprint density at radius 3 is 2.95 bits per heavy atom. The molecule has 1 amide bonds. The minimum absolute atomic E-state index is 0.173. The largest absolute Gasteiger partial charge is 0.341 e. The van der Waals surface area contributed by atoms with Gasteiger partial charge in [0.25, 0.3) is 5.91 Å². The van der Waals surface area contributed by atoms with Gasteiger partial charge in [-0.05, 0) is 31.4 Å². The van der Waals surface area contributed by atoms with E-state index in [1.807, 2.05) is 31.4 Å². The molecule has 0 saturated heterocycles. The molecule has 108 valence electrons. The third kappa shape index (κ3) is 2.64. The first-order valence-corrected chi connectivity index (χ1v) is 7.36. The Kier molecular flexibility index (Phi) is 3.21. The summed E-state index contributed by atoms with van der Waals surface area (Å²) in [7, 11) is 1.79. The number of hydrogen-bond donors (Lipinski definition) is 1. The first-order valence-electron chi connectivity index (χ1n) is 6.48. The van der Waals surface area contributed by atoms with Crippen LogP contribution >= 0.6 is 11.3 Å². The molecule has 0 bridgehead atoms. The molecule has 3 rings (SSSR count). The predicted octanol–water partition coefficient (Wildman–Crippen LogP) is 2.09. The normalized spacial score (nSPS) is 11.8. The maximum absolute atomic E-state index is 12.4. The number of hydrogen-bond acceptors (Lipinski definition) is 5. The zero-order valence-corrected chi connectivity index (χ0v) is 12.8. The molecule has 0 spiro atoms. The maximum atomic E-state index is 12.4. The first kappa shape index (κ1) is 13.7. The molecule has 0 radical (unpaired) electrons. The summed E-state index contributed by atoms with van der Waals surface area (Å²) in [6, 6.07) is 3.79. The van der Waals surface area contributed by atoms with Crippen LogP contribution in [-0.2, 0) is 12.6 Å². The van der Waals surface area contributed by atoms with Gasteiger partial charge in [-0.3, -0.25) is 14.5 Å². The summed E-state index contributed by atoms with van der Waals surface area (Å²) in [6.07, 6.45) is 3.39. The van der Waals surface area contributed by atoms with Gasteiger partial charge in [0.15, 0.2) is 0 Å². The van der Waals surface area contributed by atoms with Crippen molar-refractivity contribution in [2.24, 2.45) is 7.05 Å². The van der Waals surface area contributed by atoms with Crippen LogP contribution in [0.15, 0.2) is 29.9 Å². The number of nitrogens with zero attached hydrogens (tertiary/aromatic N) is 4. The molecule has 1 N–H and O–H groups in total. The second-order valence-corrected chi connectivity index (χ2v) is 6.33. The number of carbonyl (C=O) groups excluding carboxylic acids is 1. The lowest BCUT2D eigenvalue weighted by Crippen LogP contribution is -2.41. The topological polar surface area (TPSA) is 72.7 Å². The highest BCUT2D eigenvalue weighted by Gasteiger charge is 2.26. The van der Waals surface area contributed by atoms with Gasteiger partial charge in [-0.15, -0.1) is 16.4 Å². The molecule has 7 heteroatoms. The average molecular weight is 301 g/mol. The molecule has 21 heavy (non-hydrogen) atoms. The molecule has 0 aliphatic carbocycles. The minimum atomic E-state index is -0.601. The smallest absolute Gasteiger partial charge is 0.253 e. The molecule has 0 aromatic carbocycles. The summed E-state index contributed by atoms with van der Waals surface area (Å²) in [5.41, 5.74) is 1.56. The predicted molar refractivity (Wildman–Crippen MR) is 81.1 cm³/mol. The SMILES string of the molecule is Cn1cc(C(C)(C)NC(=O)c2cnc3ccsc3c2)nn1. The van der Waals surface area contributed by atoms with Gasteiger partial charge < -0.3 is 5.32 Å². The molecule has 6 nitrogen and oxygen atoms in total. The van der Waals surface area contributed by atoms with E-state index in [0.717, 1.165) is 10.2 Å². The molecule has 0 aliphatic heterocycles. The fraction of sp³-hybridized carbons (Fsp3) is 0.286. The number of aryl methyl sites for hydroxylation is 1. The van der Waals surface area contributed by atoms with Crippen molar-refractivity contribution < 1.29 is 4.79 Å². The van der Waals surface area contributed by atoms with Gasteiger partial charge >= 0.3 is 0 Å². The molecule has 0 saturated carbocycles. The van der Waals surface area contributed by atoms with Crippen LogP contribution in [0.3, 0.4) is 0 Å². The number of amides is 1. The number of pyridine rings is 1. The van der Waals surface area contributed by atoms with Crippen molar-refractivity contribution in [1.29, 1.82) is 0 Å². The van der Waals surface area contributed by atoms with Crippen LogP contribution in [0, 0.1) is 0 Å². The lowest BCUT2D eigenvalue weighted by molar-refractivity contribution is 0.0910. The van der Waals surface area contributed by atoms with Crippen molar-refractivity contribution in [2.45, 2.75) is 19.4 Å². The highest BCUT2D eigenvalue weighted by molar-refractivity contribution is 7.17. The zero-order valence-electron chi connectivity index (χ0n) is 12.0. The molecule has 0 fully saturated rings. The van der Waals surface area contributed by atoms with E-state index in [2.05, 4.69) is 20.6 Å². The van der Waals surface area contributed by atoms with Gasteiger partial charge in [0.2, 0.25) is 0 Å². The summed E-state index contributed by atoms with van der Waals surface area (Å²) < 4.78 is 2.61. The Balaban J connectivity index is 1.84. The minimum Gasteiger partial charge on any atom is -0.341 e. The Hall–Kier alpha value is -2.28. The third-order valence-electron chi connectivity index (χ3n) is 3.23. The standard InChI is InChI=1S/C14H15N5OS/c1-14(2,12-8-19(3)18-17-12)16-13(20)9-6-11-10(15-7-9)4-5-21-11/h4-8H,1-3H3,(H,16,20). The van der Waals surface area contributed by atoms with Crippen molar-refractivity contribution in [1.82, 2.24) is 25.3 Å². The number of nitrogens with one attached hydrogen (secondary N) is 1. The second kappa shape index (κ2) is 4.92. The molecule has 0 atom stereocenters. The summed E-state index contributed by atoms with van der Waals surface area (Å²) in [5, 5.41) is 12.9. The Morgan fingerprint density at radius 1 is 1.43 bits per heavy atom. The van der Waals surface area contributed by atoms with E-state index in [1.165, 1.54) is 0 Å². The van der Waals surface area contributed by atoms with Gasteiger partial charge in [0, 0.05) is 13.2 Å². The highest BCUT2D eigenvalue weighted by Crippen LogP contribution is 2.21. The lowest BCUT2D eigenvalue weighted by Gasteiger charge is -2.23. The summed E-state index contributed by atoms with van der Waals surface area (Å²) in [4.78, 5) is 16.7. The van der Waals surface area contributed by atoms with E-state index in [1.54, 1.807) is 35.5 Å². The van der Waals surface area contributed by atoms with E-state index in [4.69, 9.17) is 0 Å². The second-order valence-electron chi connectivity index (χ2n) is 5.38. The van der Waals surface area contributed by atoms with Crippen molar-refractivity contribution in [3.05, 3.63) is 41.2 Å². The Bertz CT molecular complexity index is 804. The summed E-state index contributed by atoms with van der Waals surface area (Å²) >= 11 is 1.57. The number of rotatable bonds is 3. The average Bonchev–Trinajstić information content (AvgIpc) is 3.05. The van der Waals surface area contributed by atoms with E-state index in [9.17, 15) is 4.79 Å². The molecular formula is C14H15N5OS. The van der Waals surface area contributed by atoms with Crippen molar-refractivity contribution in [3.63, 3.8) is 0 Å².